The number of ether oxygens (including phenoxy) is 1. The Morgan fingerprint density at radius 1 is 1.25 bits per heavy atom. The van der Waals surface area contributed by atoms with Crippen molar-refractivity contribution in [1.82, 2.24) is 4.98 Å². The summed E-state index contributed by atoms with van der Waals surface area (Å²) in [6.07, 6.45) is 11.1. The van der Waals surface area contributed by atoms with Gasteiger partial charge in [0.15, 0.2) is 0 Å². The molecular formula is C13H19NO2. The molecule has 1 aliphatic rings. The summed E-state index contributed by atoms with van der Waals surface area (Å²) >= 11 is 0. The molecule has 0 saturated heterocycles. The van der Waals surface area contributed by atoms with Gasteiger partial charge in [0, 0.05) is 11.8 Å². The molecule has 0 amide bonds. The Morgan fingerprint density at radius 3 is 2.69 bits per heavy atom. The number of nitrogens with zero attached hydrogens (tertiary/aromatic N) is 1. The first-order chi connectivity index (χ1) is 7.90. The van der Waals surface area contributed by atoms with E-state index in [0.717, 1.165) is 24.2 Å². The van der Waals surface area contributed by atoms with Crippen LogP contribution in [0.2, 0.25) is 0 Å². The molecule has 16 heavy (non-hydrogen) atoms. The molecule has 1 aromatic heterocycles. The fourth-order valence-corrected chi connectivity index (χ4v) is 2.18. The molecule has 3 heteroatoms. The minimum absolute atomic E-state index is 0.0184. The van der Waals surface area contributed by atoms with Crippen molar-refractivity contribution in [3.05, 3.63) is 24.0 Å². The van der Waals surface area contributed by atoms with E-state index in [-0.39, 0.29) is 6.61 Å². The third-order valence-electron chi connectivity index (χ3n) is 3.14. The van der Waals surface area contributed by atoms with Crippen LogP contribution in [-0.4, -0.2) is 16.2 Å². The largest absolute Gasteiger partial charge is 0.488 e. The van der Waals surface area contributed by atoms with Crippen LogP contribution < -0.4 is 4.74 Å². The first kappa shape index (κ1) is 11.4. The molecule has 0 radical (unpaired) electrons. The number of aliphatic hydroxyl groups excluding tert-OH is 1. The normalized spacial score (nSPS) is 18.1. The average molecular weight is 221 g/mol. The van der Waals surface area contributed by atoms with Gasteiger partial charge in [-0.15, -0.1) is 0 Å². The van der Waals surface area contributed by atoms with Crippen molar-refractivity contribution in [3.8, 4) is 5.75 Å². The van der Waals surface area contributed by atoms with Gasteiger partial charge in [-0.05, 0) is 31.7 Å². The van der Waals surface area contributed by atoms with E-state index in [0.29, 0.717) is 6.10 Å². The maximum Gasteiger partial charge on any atom is 0.143 e. The zero-order chi connectivity index (χ0) is 11.2. The highest BCUT2D eigenvalue weighted by Gasteiger charge is 2.15. The van der Waals surface area contributed by atoms with Crippen LogP contribution in [0, 0.1) is 0 Å². The van der Waals surface area contributed by atoms with Gasteiger partial charge >= 0.3 is 0 Å². The average Bonchev–Trinajstić information content (AvgIpc) is 2.58. The highest BCUT2D eigenvalue weighted by molar-refractivity contribution is 5.29. The van der Waals surface area contributed by atoms with Crippen molar-refractivity contribution >= 4 is 0 Å². The molecule has 88 valence electrons. The molecule has 1 aromatic rings. The van der Waals surface area contributed by atoms with Crippen LogP contribution in [0.25, 0.3) is 0 Å². The van der Waals surface area contributed by atoms with Crippen LogP contribution in [-0.2, 0) is 6.61 Å². The Bertz CT molecular complexity index is 319. The van der Waals surface area contributed by atoms with E-state index in [1.54, 1.807) is 12.4 Å². The Morgan fingerprint density at radius 2 is 2.00 bits per heavy atom. The van der Waals surface area contributed by atoms with Gasteiger partial charge in [0.1, 0.15) is 5.75 Å². The SMILES string of the molecule is OCc1ccncc1OC1CCCCCC1. The predicted molar refractivity (Wildman–Crippen MR) is 62.3 cm³/mol. The summed E-state index contributed by atoms with van der Waals surface area (Å²) in [5.74, 6) is 0.747. The van der Waals surface area contributed by atoms with E-state index in [4.69, 9.17) is 4.74 Å². The molecule has 2 rings (SSSR count). The van der Waals surface area contributed by atoms with Crippen LogP contribution in [0.5, 0.6) is 5.75 Å². The number of hydrogen-bond donors (Lipinski definition) is 1. The van der Waals surface area contributed by atoms with Crippen LogP contribution in [0.3, 0.4) is 0 Å². The summed E-state index contributed by atoms with van der Waals surface area (Å²) in [5, 5.41) is 9.20. The molecule has 3 nitrogen and oxygen atoms in total. The molecule has 0 atom stereocenters. The molecular weight excluding hydrogens is 202 g/mol. The van der Waals surface area contributed by atoms with E-state index in [1.165, 1.54) is 25.7 Å². The van der Waals surface area contributed by atoms with Gasteiger partial charge in [-0.2, -0.15) is 0 Å². The van der Waals surface area contributed by atoms with Crippen molar-refractivity contribution in [2.75, 3.05) is 0 Å². The van der Waals surface area contributed by atoms with E-state index >= 15 is 0 Å². The van der Waals surface area contributed by atoms with Crippen molar-refractivity contribution < 1.29 is 9.84 Å². The Hall–Kier alpha value is -1.09. The standard InChI is InChI=1S/C13H19NO2/c15-10-11-7-8-14-9-13(11)16-12-5-3-1-2-4-6-12/h7-9,12,15H,1-6,10H2. The van der Waals surface area contributed by atoms with E-state index < -0.39 is 0 Å². The van der Waals surface area contributed by atoms with Gasteiger partial charge in [-0.1, -0.05) is 12.8 Å². The quantitative estimate of drug-likeness (QED) is 0.798. The second-order valence-electron chi connectivity index (χ2n) is 4.37. The molecule has 0 aliphatic heterocycles. The molecule has 0 spiro atoms. The Labute approximate surface area is 96.5 Å². The van der Waals surface area contributed by atoms with Gasteiger partial charge in [-0.25, -0.2) is 0 Å². The topological polar surface area (TPSA) is 42.4 Å². The van der Waals surface area contributed by atoms with E-state index in [9.17, 15) is 5.11 Å². The minimum atomic E-state index is 0.0184. The summed E-state index contributed by atoms with van der Waals surface area (Å²) < 4.78 is 5.93. The van der Waals surface area contributed by atoms with Gasteiger partial charge in [-0.3, -0.25) is 4.98 Å². The number of hydrogen-bond acceptors (Lipinski definition) is 3. The smallest absolute Gasteiger partial charge is 0.143 e. The number of rotatable bonds is 3. The summed E-state index contributed by atoms with van der Waals surface area (Å²) in [6, 6.07) is 1.81. The van der Waals surface area contributed by atoms with Crippen LogP contribution >= 0.6 is 0 Å². The molecule has 1 aliphatic carbocycles. The summed E-state index contributed by atoms with van der Waals surface area (Å²) in [6.45, 7) is 0.0184. The van der Waals surface area contributed by atoms with Gasteiger partial charge in [0.25, 0.3) is 0 Å². The lowest BCUT2D eigenvalue weighted by Gasteiger charge is -2.18. The molecule has 1 fully saturated rings. The Balaban J connectivity index is 2.01. The van der Waals surface area contributed by atoms with E-state index in [1.807, 2.05) is 6.07 Å². The van der Waals surface area contributed by atoms with Crippen molar-refractivity contribution in [3.63, 3.8) is 0 Å². The molecule has 0 unspecified atom stereocenters. The zero-order valence-corrected chi connectivity index (χ0v) is 9.56. The Kier molecular flexibility index (Phi) is 4.17. The maximum atomic E-state index is 9.20. The lowest BCUT2D eigenvalue weighted by molar-refractivity contribution is 0.175. The second kappa shape index (κ2) is 5.85. The second-order valence-corrected chi connectivity index (χ2v) is 4.37. The van der Waals surface area contributed by atoms with Gasteiger partial charge in [0.2, 0.25) is 0 Å². The van der Waals surface area contributed by atoms with Crippen LogP contribution in [0.15, 0.2) is 18.5 Å². The zero-order valence-electron chi connectivity index (χ0n) is 9.56. The van der Waals surface area contributed by atoms with Gasteiger partial charge in [0.05, 0.1) is 18.9 Å². The first-order valence-electron chi connectivity index (χ1n) is 6.10. The highest BCUT2D eigenvalue weighted by atomic mass is 16.5. The fraction of sp³-hybridized carbons (Fsp3) is 0.615. The van der Waals surface area contributed by atoms with Crippen molar-refractivity contribution in [2.24, 2.45) is 0 Å². The van der Waals surface area contributed by atoms with Crippen molar-refractivity contribution in [2.45, 2.75) is 51.2 Å². The number of pyridine rings is 1. The monoisotopic (exact) mass is 221 g/mol. The molecule has 0 aromatic carbocycles. The van der Waals surface area contributed by atoms with Crippen LogP contribution in [0.4, 0.5) is 0 Å². The number of aromatic nitrogens is 1. The first-order valence-corrected chi connectivity index (χ1v) is 6.10. The lowest BCUT2D eigenvalue weighted by Crippen LogP contribution is -2.16. The van der Waals surface area contributed by atoms with Crippen LogP contribution in [0.1, 0.15) is 44.1 Å². The molecule has 1 saturated carbocycles. The molecule has 0 bridgehead atoms. The molecule has 1 N–H and O–H groups in total. The fourth-order valence-electron chi connectivity index (χ4n) is 2.18. The van der Waals surface area contributed by atoms with Gasteiger partial charge < -0.3 is 9.84 Å². The lowest BCUT2D eigenvalue weighted by atomic mass is 10.1. The van der Waals surface area contributed by atoms with E-state index in [2.05, 4.69) is 4.98 Å². The third kappa shape index (κ3) is 2.95. The summed E-state index contributed by atoms with van der Waals surface area (Å²) in [4.78, 5) is 4.05. The third-order valence-corrected chi connectivity index (χ3v) is 3.14. The summed E-state index contributed by atoms with van der Waals surface area (Å²) in [5.41, 5.74) is 0.833. The van der Waals surface area contributed by atoms with Crippen molar-refractivity contribution in [1.29, 1.82) is 0 Å². The molecule has 1 heterocycles. The minimum Gasteiger partial charge on any atom is -0.488 e. The predicted octanol–water partition coefficient (Wildman–Crippen LogP) is 2.68. The summed E-state index contributed by atoms with van der Waals surface area (Å²) in [7, 11) is 0. The number of aliphatic hydroxyl groups is 1. The highest BCUT2D eigenvalue weighted by Crippen LogP contribution is 2.24. The maximum absolute atomic E-state index is 9.20.